The van der Waals surface area contributed by atoms with Gasteiger partial charge in [0.15, 0.2) is 0 Å². The van der Waals surface area contributed by atoms with Crippen molar-refractivity contribution >= 4 is 11.7 Å². The van der Waals surface area contributed by atoms with Crippen LogP contribution in [0.5, 0.6) is 0 Å². The lowest BCUT2D eigenvalue weighted by atomic mass is 10.4. The van der Waals surface area contributed by atoms with E-state index in [2.05, 4.69) is 15.6 Å². The Morgan fingerprint density at radius 2 is 2.38 bits per heavy atom. The van der Waals surface area contributed by atoms with Crippen LogP contribution in [0.3, 0.4) is 0 Å². The number of ether oxygens (including phenoxy) is 1. The number of aromatic nitrogens is 1. The Bertz CT molecular complexity index is 305. The molecule has 0 bridgehead atoms. The second-order valence-electron chi connectivity index (χ2n) is 2.96. The lowest BCUT2D eigenvalue weighted by Crippen LogP contribution is -2.31. The van der Waals surface area contributed by atoms with Gasteiger partial charge >= 0.3 is 6.03 Å². The molecule has 0 aliphatic rings. The number of hydrogen-bond donors (Lipinski definition) is 3. The molecular weight excluding hydrogens is 210 g/mol. The van der Waals surface area contributed by atoms with E-state index in [4.69, 9.17) is 9.84 Å². The molecule has 1 rings (SSSR count). The van der Waals surface area contributed by atoms with Gasteiger partial charge in [-0.1, -0.05) is 0 Å². The van der Waals surface area contributed by atoms with Crippen molar-refractivity contribution in [1.29, 1.82) is 0 Å². The number of aliphatic hydroxyl groups is 1. The molecular formula is C10H15N3O3. The molecule has 0 radical (unpaired) electrons. The highest BCUT2D eigenvalue weighted by Gasteiger charge is 1.99. The zero-order valence-corrected chi connectivity index (χ0v) is 8.85. The van der Waals surface area contributed by atoms with E-state index in [0.29, 0.717) is 18.8 Å². The topological polar surface area (TPSA) is 83.5 Å². The lowest BCUT2D eigenvalue weighted by molar-refractivity contribution is 0.0950. The first kappa shape index (κ1) is 12.4. The molecule has 0 spiro atoms. The van der Waals surface area contributed by atoms with Crippen LogP contribution in [0.2, 0.25) is 0 Å². The molecule has 2 amide bonds. The van der Waals surface area contributed by atoms with Crippen molar-refractivity contribution in [2.24, 2.45) is 0 Å². The average Bonchev–Trinajstić information content (AvgIpc) is 2.30. The number of urea groups is 1. The number of carbonyl (C=O) groups excluding carboxylic acids is 1. The summed E-state index contributed by atoms with van der Waals surface area (Å²) in [5.41, 5.74) is 0.635. The molecule has 0 aliphatic heterocycles. The number of nitrogens with one attached hydrogen (secondary N) is 2. The van der Waals surface area contributed by atoms with Gasteiger partial charge in [-0.05, 0) is 12.1 Å². The highest BCUT2D eigenvalue weighted by Crippen LogP contribution is 2.01. The average molecular weight is 225 g/mol. The summed E-state index contributed by atoms with van der Waals surface area (Å²) >= 11 is 0. The van der Waals surface area contributed by atoms with Crippen molar-refractivity contribution in [3.05, 3.63) is 24.5 Å². The van der Waals surface area contributed by atoms with Gasteiger partial charge in [-0.3, -0.25) is 4.98 Å². The fraction of sp³-hybridized carbons (Fsp3) is 0.400. The fourth-order valence-electron chi connectivity index (χ4n) is 1.02. The van der Waals surface area contributed by atoms with E-state index in [0.717, 1.165) is 0 Å². The number of nitrogens with zero attached hydrogens (tertiary/aromatic N) is 1. The van der Waals surface area contributed by atoms with Crippen LogP contribution in [0.15, 0.2) is 24.5 Å². The Balaban J connectivity index is 2.12. The van der Waals surface area contributed by atoms with E-state index in [1.165, 1.54) is 0 Å². The summed E-state index contributed by atoms with van der Waals surface area (Å²) in [6.07, 6.45) is 3.19. The number of hydrogen-bond acceptors (Lipinski definition) is 4. The molecule has 0 fully saturated rings. The summed E-state index contributed by atoms with van der Waals surface area (Å²) in [4.78, 5) is 15.2. The predicted octanol–water partition coefficient (Wildman–Crippen LogP) is 0.212. The molecule has 0 aromatic carbocycles. The van der Waals surface area contributed by atoms with Gasteiger partial charge in [-0.25, -0.2) is 4.79 Å². The Morgan fingerprint density at radius 1 is 1.50 bits per heavy atom. The first-order valence-electron chi connectivity index (χ1n) is 4.96. The maximum Gasteiger partial charge on any atom is 0.319 e. The van der Waals surface area contributed by atoms with Gasteiger partial charge in [-0.2, -0.15) is 0 Å². The summed E-state index contributed by atoms with van der Waals surface area (Å²) in [6.45, 7) is 1.04. The van der Waals surface area contributed by atoms with Gasteiger partial charge in [0, 0.05) is 12.7 Å². The van der Waals surface area contributed by atoms with Crippen LogP contribution in [-0.2, 0) is 4.74 Å². The first-order chi connectivity index (χ1) is 7.83. The zero-order chi connectivity index (χ0) is 11.6. The Kier molecular flexibility index (Phi) is 5.90. The third-order valence-corrected chi connectivity index (χ3v) is 1.69. The largest absolute Gasteiger partial charge is 0.394 e. The summed E-state index contributed by atoms with van der Waals surface area (Å²) in [5, 5.41) is 13.7. The van der Waals surface area contributed by atoms with Crippen molar-refractivity contribution in [3.63, 3.8) is 0 Å². The molecule has 1 aromatic rings. The minimum absolute atomic E-state index is 0.0120. The molecule has 6 nitrogen and oxygen atoms in total. The fourth-order valence-corrected chi connectivity index (χ4v) is 1.02. The van der Waals surface area contributed by atoms with Gasteiger partial charge < -0.3 is 20.5 Å². The van der Waals surface area contributed by atoms with Crippen LogP contribution in [-0.4, -0.2) is 42.5 Å². The number of aliphatic hydroxyl groups excluding tert-OH is 1. The second kappa shape index (κ2) is 7.61. The minimum atomic E-state index is -0.305. The van der Waals surface area contributed by atoms with E-state index in [1.807, 2.05) is 0 Å². The van der Waals surface area contributed by atoms with Gasteiger partial charge in [0.05, 0.1) is 31.7 Å². The van der Waals surface area contributed by atoms with E-state index < -0.39 is 0 Å². The maximum atomic E-state index is 11.3. The number of rotatable bonds is 6. The van der Waals surface area contributed by atoms with Crippen molar-refractivity contribution in [2.45, 2.75) is 0 Å². The smallest absolute Gasteiger partial charge is 0.319 e. The van der Waals surface area contributed by atoms with Crippen LogP contribution < -0.4 is 10.6 Å². The molecule has 6 heteroatoms. The molecule has 16 heavy (non-hydrogen) atoms. The first-order valence-corrected chi connectivity index (χ1v) is 4.96. The Morgan fingerprint density at radius 3 is 3.06 bits per heavy atom. The number of amides is 2. The van der Waals surface area contributed by atoms with E-state index in [9.17, 15) is 4.79 Å². The normalized spacial score (nSPS) is 9.81. The van der Waals surface area contributed by atoms with Crippen LogP contribution in [0.1, 0.15) is 0 Å². The summed E-state index contributed by atoms with van der Waals surface area (Å²) in [6, 6.07) is 3.18. The molecule has 0 saturated carbocycles. The van der Waals surface area contributed by atoms with Crippen LogP contribution in [0, 0.1) is 0 Å². The molecule has 0 saturated heterocycles. The molecule has 0 atom stereocenters. The van der Waals surface area contributed by atoms with Gasteiger partial charge in [-0.15, -0.1) is 0 Å². The number of carbonyl (C=O) groups is 1. The SMILES string of the molecule is O=C(NCCOCCO)Nc1cccnc1. The molecule has 0 unspecified atom stereocenters. The lowest BCUT2D eigenvalue weighted by Gasteiger charge is -2.07. The summed E-state index contributed by atoms with van der Waals surface area (Å²) < 4.78 is 4.98. The maximum absolute atomic E-state index is 11.3. The standard InChI is InChI=1S/C10H15N3O3/c14-5-7-16-6-4-12-10(15)13-9-2-1-3-11-8-9/h1-3,8,14H,4-7H2,(H2,12,13,15). The highest BCUT2D eigenvalue weighted by molar-refractivity contribution is 5.88. The minimum Gasteiger partial charge on any atom is -0.394 e. The highest BCUT2D eigenvalue weighted by atomic mass is 16.5. The van der Waals surface area contributed by atoms with Gasteiger partial charge in [0.25, 0.3) is 0 Å². The monoisotopic (exact) mass is 225 g/mol. The Hall–Kier alpha value is -1.66. The van der Waals surface area contributed by atoms with E-state index in [1.54, 1.807) is 24.5 Å². The third kappa shape index (κ3) is 5.28. The van der Waals surface area contributed by atoms with Crippen molar-refractivity contribution < 1.29 is 14.6 Å². The van der Waals surface area contributed by atoms with Crippen molar-refractivity contribution in [1.82, 2.24) is 10.3 Å². The van der Waals surface area contributed by atoms with E-state index >= 15 is 0 Å². The van der Waals surface area contributed by atoms with Gasteiger partial charge in [0.1, 0.15) is 0 Å². The summed E-state index contributed by atoms with van der Waals surface area (Å²) in [7, 11) is 0. The van der Waals surface area contributed by atoms with Crippen molar-refractivity contribution in [3.8, 4) is 0 Å². The molecule has 3 N–H and O–H groups in total. The molecule has 0 aliphatic carbocycles. The molecule has 88 valence electrons. The van der Waals surface area contributed by atoms with Gasteiger partial charge in [0.2, 0.25) is 0 Å². The zero-order valence-electron chi connectivity index (χ0n) is 8.85. The molecule has 1 aromatic heterocycles. The summed E-state index contributed by atoms with van der Waals surface area (Å²) in [5.74, 6) is 0. The second-order valence-corrected chi connectivity index (χ2v) is 2.96. The van der Waals surface area contributed by atoms with E-state index in [-0.39, 0.29) is 19.2 Å². The predicted molar refractivity (Wildman–Crippen MR) is 59.2 cm³/mol. The van der Waals surface area contributed by atoms with Crippen LogP contribution in [0.4, 0.5) is 10.5 Å². The van der Waals surface area contributed by atoms with Crippen molar-refractivity contribution in [2.75, 3.05) is 31.7 Å². The quantitative estimate of drug-likeness (QED) is 0.604. The Labute approximate surface area is 93.6 Å². The molecule has 1 heterocycles. The van der Waals surface area contributed by atoms with Crippen LogP contribution in [0.25, 0.3) is 0 Å². The number of anilines is 1. The van der Waals surface area contributed by atoms with Crippen LogP contribution >= 0.6 is 0 Å². The third-order valence-electron chi connectivity index (χ3n) is 1.69. The number of pyridine rings is 1.